The average Bonchev–Trinajstić information content (AvgIpc) is 2.66. The maximum Gasteiger partial charge on any atom is 0.191 e. The zero-order valence-corrected chi connectivity index (χ0v) is 19.4. The molecule has 0 heterocycles. The predicted octanol–water partition coefficient (Wildman–Crippen LogP) is 4.28. The molecule has 0 saturated carbocycles. The maximum atomic E-state index is 13.5. The van der Waals surface area contributed by atoms with Crippen LogP contribution in [0.2, 0.25) is 0 Å². The van der Waals surface area contributed by atoms with Gasteiger partial charge in [-0.2, -0.15) is 11.8 Å². The number of benzene rings is 2. The second kappa shape index (κ2) is 12.7. The molecule has 8 heteroatoms. The van der Waals surface area contributed by atoms with Gasteiger partial charge in [-0.1, -0.05) is 6.07 Å². The van der Waals surface area contributed by atoms with Crippen molar-refractivity contribution in [1.29, 1.82) is 0 Å². The lowest BCUT2D eigenvalue weighted by atomic mass is 10.1. The summed E-state index contributed by atoms with van der Waals surface area (Å²) in [5.41, 5.74) is 2.67. The number of phenols is 1. The van der Waals surface area contributed by atoms with Crippen molar-refractivity contribution < 1.29 is 14.2 Å². The second-order valence-electron chi connectivity index (χ2n) is 5.89. The van der Waals surface area contributed by atoms with Crippen molar-refractivity contribution in [3.05, 3.63) is 58.9 Å². The molecule has 0 aliphatic rings. The number of phenolic OH excluding ortho intramolecular Hbond substituents is 1. The predicted molar refractivity (Wildman–Crippen MR) is 125 cm³/mol. The molecule has 0 saturated heterocycles. The molecule has 2 aromatic carbocycles. The molecule has 154 valence electrons. The summed E-state index contributed by atoms with van der Waals surface area (Å²) in [6.45, 7) is 3.53. The molecule has 28 heavy (non-hydrogen) atoms. The van der Waals surface area contributed by atoms with Crippen LogP contribution in [0.1, 0.15) is 23.6 Å². The van der Waals surface area contributed by atoms with Crippen LogP contribution in [0.5, 0.6) is 11.5 Å². The third-order valence-corrected chi connectivity index (χ3v) is 4.55. The molecular weight excluding hydrogens is 492 g/mol. The zero-order valence-electron chi connectivity index (χ0n) is 16.3. The summed E-state index contributed by atoms with van der Waals surface area (Å²) >= 11 is 1.65. The van der Waals surface area contributed by atoms with Gasteiger partial charge in [0.1, 0.15) is 17.3 Å². The highest BCUT2D eigenvalue weighted by atomic mass is 127. The van der Waals surface area contributed by atoms with Crippen LogP contribution in [0.25, 0.3) is 0 Å². The molecule has 0 unspecified atom stereocenters. The number of hydrogen-bond donors (Lipinski definition) is 3. The smallest absolute Gasteiger partial charge is 0.191 e. The number of guanidine groups is 1. The molecule has 0 fully saturated rings. The van der Waals surface area contributed by atoms with Gasteiger partial charge in [0.15, 0.2) is 5.96 Å². The first-order valence-electron chi connectivity index (χ1n) is 8.71. The summed E-state index contributed by atoms with van der Waals surface area (Å²) < 4.78 is 18.7. The first-order valence-corrected chi connectivity index (χ1v) is 10.1. The van der Waals surface area contributed by atoms with Gasteiger partial charge in [0, 0.05) is 24.4 Å². The number of ether oxygens (including phenoxy) is 1. The highest BCUT2D eigenvalue weighted by Crippen LogP contribution is 2.23. The molecule has 0 aliphatic heterocycles. The first-order chi connectivity index (χ1) is 13.1. The molecular formula is C20H27FIN3O2S. The number of halogens is 2. The van der Waals surface area contributed by atoms with Crippen LogP contribution in [0.15, 0.2) is 41.4 Å². The number of methoxy groups -OCH3 is 1. The van der Waals surface area contributed by atoms with Gasteiger partial charge in [0.25, 0.3) is 0 Å². The summed E-state index contributed by atoms with van der Waals surface area (Å²) in [5.74, 6) is 2.00. The molecule has 2 aromatic rings. The average molecular weight is 519 g/mol. The number of hydrogen-bond acceptors (Lipinski definition) is 4. The van der Waals surface area contributed by atoms with Crippen LogP contribution in [-0.4, -0.2) is 31.0 Å². The molecule has 0 aromatic heterocycles. The fourth-order valence-corrected chi connectivity index (χ4v) is 3.14. The van der Waals surface area contributed by atoms with E-state index in [1.54, 1.807) is 49.2 Å². The fourth-order valence-electron chi connectivity index (χ4n) is 2.56. The minimum Gasteiger partial charge on any atom is -0.508 e. The van der Waals surface area contributed by atoms with Crippen molar-refractivity contribution >= 4 is 41.7 Å². The van der Waals surface area contributed by atoms with Gasteiger partial charge in [-0.15, -0.1) is 24.0 Å². The summed E-state index contributed by atoms with van der Waals surface area (Å²) in [7, 11) is 1.58. The van der Waals surface area contributed by atoms with E-state index < -0.39 is 0 Å². The SMILES string of the molecule is CCNC(=NCc1cc(OC)ccc1O)NCc1ccc(F)cc1CSC.I. The van der Waals surface area contributed by atoms with Crippen LogP contribution in [0, 0.1) is 5.82 Å². The number of nitrogens with zero attached hydrogens (tertiary/aromatic N) is 1. The number of aliphatic imine (C=N–C) groups is 1. The van der Waals surface area contributed by atoms with Gasteiger partial charge in [-0.3, -0.25) is 0 Å². The van der Waals surface area contributed by atoms with Crippen LogP contribution < -0.4 is 15.4 Å². The third kappa shape index (κ3) is 7.38. The lowest BCUT2D eigenvalue weighted by Crippen LogP contribution is -2.37. The molecule has 0 amide bonds. The molecule has 3 N–H and O–H groups in total. The fraction of sp³-hybridized carbons (Fsp3) is 0.350. The molecule has 0 spiro atoms. The molecule has 5 nitrogen and oxygen atoms in total. The Morgan fingerprint density at radius 1 is 1.14 bits per heavy atom. The number of rotatable bonds is 8. The van der Waals surface area contributed by atoms with E-state index in [0.29, 0.717) is 36.9 Å². The molecule has 0 aliphatic carbocycles. The summed E-state index contributed by atoms with van der Waals surface area (Å²) in [5, 5.41) is 16.4. The van der Waals surface area contributed by atoms with Crippen molar-refractivity contribution in [1.82, 2.24) is 10.6 Å². The number of nitrogens with one attached hydrogen (secondary N) is 2. The van der Waals surface area contributed by atoms with Crippen molar-refractivity contribution in [3.63, 3.8) is 0 Å². The van der Waals surface area contributed by atoms with E-state index >= 15 is 0 Å². The normalized spacial score (nSPS) is 10.9. The second-order valence-corrected chi connectivity index (χ2v) is 6.76. The highest BCUT2D eigenvalue weighted by molar-refractivity contribution is 14.0. The van der Waals surface area contributed by atoms with E-state index in [2.05, 4.69) is 15.6 Å². The minimum absolute atomic E-state index is 0. The lowest BCUT2D eigenvalue weighted by Gasteiger charge is -2.14. The Morgan fingerprint density at radius 2 is 1.93 bits per heavy atom. The molecule has 0 radical (unpaired) electrons. The van der Waals surface area contributed by atoms with E-state index in [4.69, 9.17) is 4.74 Å². The Kier molecular flexibility index (Phi) is 11.1. The van der Waals surface area contributed by atoms with E-state index in [1.807, 2.05) is 13.2 Å². The summed E-state index contributed by atoms with van der Waals surface area (Å²) in [6.07, 6.45) is 1.99. The van der Waals surface area contributed by atoms with Crippen LogP contribution in [-0.2, 0) is 18.8 Å². The third-order valence-electron chi connectivity index (χ3n) is 3.95. The number of thioether (sulfide) groups is 1. The Morgan fingerprint density at radius 3 is 2.61 bits per heavy atom. The van der Waals surface area contributed by atoms with Gasteiger partial charge < -0.3 is 20.5 Å². The van der Waals surface area contributed by atoms with Gasteiger partial charge in [0.2, 0.25) is 0 Å². The van der Waals surface area contributed by atoms with Gasteiger partial charge >= 0.3 is 0 Å². The van der Waals surface area contributed by atoms with Gasteiger partial charge in [-0.05, 0) is 54.6 Å². The zero-order chi connectivity index (χ0) is 19.6. The standard InChI is InChI=1S/C20H26FN3O2S.HI/c1-4-22-20(24-12-15-10-18(26-2)7-8-19(15)25)23-11-14-5-6-17(21)9-16(14)13-27-3;/h5-10,25H,4,11-13H2,1-3H3,(H2,22,23,24);1H. The Balaban J connectivity index is 0.00000392. The largest absolute Gasteiger partial charge is 0.508 e. The Bertz CT molecular complexity index is 790. The van der Waals surface area contributed by atoms with Gasteiger partial charge in [0.05, 0.1) is 13.7 Å². The van der Waals surface area contributed by atoms with Crippen LogP contribution >= 0.6 is 35.7 Å². The monoisotopic (exact) mass is 519 g/mol. The Hall–Kier alpha value is -1.68. The minimum atomic E-state index is -0.225. The quantitative estimate of drug-likeness (QED) is 0.276. The van der Waals surface area contributed by atoms with Crippen molar-refractivity contribution in [2.45, 2.75) is 25.8 Å². The Labute approximate surface area is 187 Å². The van der Waals surface area contributed by atoms with E-state index in [-0.39, 0.29) is 35.5 Å². The highest BCUT2D eigenvalue weighted by Gasteiger charge is 2.07. The van der Waals surface area contributed by atoms with E-state index in [9.17, 15) is 9.50 Å². The lowest BCUT2D eigenvalue weighted by molar-refractivity contribution is 0.411. The van der Waals surface area contributed by atoms with E-state index in [0.717, 1.165) is 16.9 Å². The van der Waals surface area contributed by atoms with Crippen LogP contribution in [0.3, 0.4) is 0 Å². The summed E-state index contributed by atoms with van der Waals surface area (Å²) in [6, 6.07) is 9.90. The topological polar surface area (TPSA) is 65.9 Å². The van der Waals surface area contributed by atoms with E-state index in [1.165, 1.54) is 6.07 Å². The number of aromatic hydroxyl groups is 1. The van der Waals surface area contributed by atoms with Crippen molar-refractivity contribution in [2.24, 2.45) is 4.99 Å². The first kappa shape index (κ1) is 24.4. The summed E-state index contributed by atoms with van der Waals surface area (Å²) in [4.78, 5) is 4.53. The van der Waals surface area contributed by atoms with Crippen LogP contribution in [0.4, 0.5) is 4.39 Å². The molecule has 0 atom stereocenters. The molecule has 0 bridgehead atoms. The van der Waals surface area contributed by atoms with Gasteiger partial charge in [-0.25, -0.2) is 9.38 Å². The van der Waals surface area contributed by atoms with Crippen molar-refractivity contribution in [3.8, 4) is 11.5 Å². The van der Waals surface area contributed by atoms with Crippen molar-refractivity contribution in [2.75, 3.05) is 19.9 Å². The maximum absolute atomic E-state index is 13.5. The molecule has 2 rings (SSSR count).